The molecule has 0 aliphatic carbocycles. The molecule has 0 atom stereocenters. The highest BCUT2D eigenvalue weighted by molar-refractivity contribution is 5.54. The van der Waals surface area contributed by atoms with Crippen LogP contribution >= 0.6 is 0 Å². The van der Waals surface area contributed by atoms with Gasteiger partial charge in [-0.15, -0.1) is 0 Å². The zero-order valence-corrected chi connectivity index (χ0v) is 11.6. The molecule has 0 amide bonds. The van der Waals surface area contributed by atoms with Gasteiger partial charge in [0.2, 0.25) is 0 Å². The van der Waals surface area contributed by atoms with Crippen LogP contribution in [0.15, 0.2) is 12.5 Å². The van der Waals surface area contributed by atoms with E-state index < -0.39 is 34.5 Å². The number of hydrogen-bond donors (Lipinski definition) is 0. The number of halogens is 4. The summed E-state index contributed by atoms with van der Waals surface area (Å²) in [5.41, 5.74) is -1.62. The number of imidazole rings is 1. The highest BCUT2D eigenvalue weighted by atomic mass is 19.2. The molecule has 8 heteroatoms. The number of nitriles is 1. The third-order valence-electron chi connectivity index (χ3n) is 3.21. The average Bonchev–Trinajstić information content (AvgIpc) is 2.90. The molecule has 2 aromatic rings. The lowest BCUT2D eigenvalue weighted by molar-refractivity contribution is 0.448. The highest BCUT2D eigenvalue weighted by Crippen LogP contribution is 2.31. The van der Waals surface area contributed by atoms with Crippen LogP contribution < -0.4 is 4.90 Å². The van der Waals surface area contributed by atoms with Gasteiger partial charge in [-0.05, 0) is 6.92 Å². The van der Waals surface area contributed by atoms with Crippen LogP contribution in [0, 0.1) is 41.5 Å². The van der Waals surface area contributed by atoms with E-state index in [2.05, 4.69) is 11.9 Å². The lowest BCUT2D eigenvalue weighted by atomic mass is 10.1. The summed E-state index contributed by atoms with van der Waals surface area (Å²) in [4.78, 5) is 4.87. The van der Waals surface area contributed by atoms with E-state index in [1.165, 1.54) is 12.5 Å². The van der Waals surface area contributed by atoms with Gasteiger partial charge in [0, 0.05) is 19.8 Å². The zero-order chi connectivity index (χ0) is 16.4. The van der Waals surface area contributed by atoms with Gasteiger partial charge in [0.1, 0.15) is 17.3 Å². The average molecular weight is 311 g/mol. The standard InChI is InChI=1S/C14H11F4N4/c1-3-22(6-8-5-20-7-21(8)2)14-12(17)10(15)9(4-19)11(16)13(14)18/h5,7H,1,3,6H2,2H3. The van der Waals surface area contributed by atoms with Crippen molar-refractivity contribution in [3.8, 4) is 6.07 Å². The molecule has 4 nitrogen and oxygen atoms in total. The Labute approximate surface area is 124 Å². The molecule has 0 N–H and O–H groups in total. The van der Waals surface area contributed by atoms with Crippen molar-refractivity contribution in [2.24, 2.45) is 7.05 Å². The minimum absolute atomic E-state index is 0.0569. The van der Waals surface area contributed by atoms with E-state index in [1.54, 1.807) is 11.6 Å². The monoisotopic (exact) mass is 311 g/mol. The number of aryl methyl sites for hydroxylation is 1. The molecule has 0 aliphatic rings. The third kappa shape index (κ3) is 2.50. The lowest BCUT2D eigenvalue weighted by Crippen LogP contribution is -2.27. The smallest absolute Gasteiger partial charge is 0.186 e. The van der Waals surface area contributed by atoms with Crippen molar-refractivity contribution in [1.82, 2.24) is 9.55 Å². The van der Waals surface area contributed by atoms with Gasteiger partial charge in [-0.25, -0.2) is 22.5 Å². The number of aromatic nitrogens is 2. The van der Waals surface area contributed by atoms with Crippen molar-refractivity contribution in [1.29, 1.82) is 5.26 Å². The molecule has 1 radical (unpaired) electrons. The van der Waals surface area contributed by atoms with Gasteiger partial charge in [-0.1, -0.05) is 0 Å². The summed E-state index contributed by atoms with van der Waals surface area (Å²) < 4.78 is 57.0. The van der Waals surface area contributed by atoms with E-state index in [0.717, 1.165) is 11.0 Å². The molecule has 0 aliphatic heterocycles. The molecule has 1 aromatic carbocycles. The fourth-order valence-corrected chi connectivity index (χ4v) is 2.00. The molecule has 2 rings (SSSR count). The van der Waals surface area contributed by atoms with Gasteiger partial charge in [0.05, 0.1) is 18.6 Å². The van der Waals surface area contributed by atoms with Crippen molar-refractivity contribution in [2.75, 3.05) is 11.4 Å². The highest BCUT2D eigenvalue weighted by Gasteiger charge is 2.28. The normalized spacial score (nSPS) is 10.6. The summed E-state index contributed by atoms with van der Waals surface area (Å²) in [5.74, 6) is -6.69. The van der Waals surface area contributed by atoms with Crippen LogP contribution in [0.25, 0.3) is 0 Å². The SMILES string of the molecule is [CH2]CN(Cc1cncn1C)c1c(F)c(F)c(C#N)c(F)c1F. The quantitative estimate of drug-likeness (QED) is 0.644. The van der Waals surface area contributed by atoms with E-state index in [9.17, 15) is 17.6 Å². The molecule has 0 saturated carbocycles. The van der Waals surface area contributed by atoms with E-state index in [0.29, 0.717) is 5.69 Å². The molecular weight excluding hydrogens is 300 g/mol. The summed E-state index contributed by atoms with van der Waals surface area (Å²) in [6, 6.07) is 1.11. The van der Waals surface area contributed by atoms with Crippen LogP contribution in [0.1, 0.15) is 11.3 Å². The molecule has 0 unspecified atom stereocenters. The minimum Gasteiger partial charge on any atom is -0.361 e. The molecule has 0 fully saturated rings. The first-order valence-electron chi connectivity index (χ1n) is 6.17. The van der Waals surface area contributed by atoms with Crippen LogP contribution in [-0.4, -0.2) is 16.1 Å². The van der Waals surface area contributed by atoms with Crippen LogP contribution in [-0.2, 0) is 13.6 Å². The van der Waals surface area contributed by atoms with Crippen LogP contribution in [0.2, 0.25) is 0 Å². The second-order valence-corrected chi connectivity index (χ2v) is 4.51. The van der Waals surface area contributed by atoms with Gasteiger partial charge in [0.15, 0.2) is 23.3 Å². The van der Waals surface area contributed by atoms with Gasteiger partial charge < -0.3 is 9.47 Å². The Morgan fingerprint density at radius 2 is 1.82 bits per heavy atom. The number of hydrogen-bond acceptors (Lipinski definition) is 3. The third-order valence-corrected chi connectivity index (χ3v) is 3.21. The summed E-state index contributed by atoms with van der Waals surface area (Å²) in [7, 11) is 1.66. The predicted molar refractivity (Wildman–Crippen MR) is 70.6 cm³/mol. The molecule has 22 heavy (non-hydrogen) atoms. The lowest BCUT2D eigenvalue weighted by Gasteiger charge is -2.24. The van der Waals surface area contributed by atoms with Crippen molar-refractivity contribution in [3.05, 3.63) is 54.0 Å². The second kappa shape index (κ2) is 6.05. The summed E-state index contributed by atoms with van der Waals surface area (Å²) >= 11 is 0. The van der Waals surface area contributed by atoms with Gasteiger partial charge >= 0.3 is 0 Å². The molecule has 1 aromatic heterocycles. The Morgan fingerprint density at radius 1 is 1.23 bits per heavy atom. The van der Waals surface area contributed by atoms with Crippen LogP contribution in [0.4, 0.5) is 23.2 Å². The molecule has 1 heterocycles. The molecule has 0 saturated heterocycles. The van der Waals surface area contributed by atoms with E-state index in [-0.39, 0.29) is 13.1 Å². The Bertz CT molecular complexity index is 719. The van der Waals surface area contributed by atoms with E-state index in [4.69, 9.17) is 5.26 Å². The minimum atomic E-state index is -1.72. The fraction of sp³-hybridized carbons (Fsp3) is 0.214. The zero-order valence-electron chi connectivity index (χ0n) is 11.6. The first kappa shape index (κ1) is 15.8. The van der Waals surface area contributed by atoms with Crippen molar-refractivity contribution < 1.29 is 17.6 Å². The Hall–Kier alpha value is -2.56. The Morgan fingerprint density at radius 3 is 2.23 bits per heavy atom. The van der Waals surface area contributed by atoms with Crippen LogP contribution in [0.3, 0.4) is 0 Å². The maximum atomic E-state index is 14.0. The largest absolute Gasteiger partial charge is 0.361 e. The van der Waals surface area contributed by atoms with E-state index in [1.807, 2.05) is 0 Å². The Balaban J connectivity index is 2.55. The summed E-state index contributed by atoms with van der Waals surface area (Å²) in [6.07, 6.45) is 2.93. The Kier molecular flexibility index (Phi) is 4.35. The van der Waals surface area contributed by atoms with Crippen molar-refractivity contribution >= 4 is 5.69 Å². The van der Waals surface area contributed by atoms with Gasteiger partial charge in [-0.2, -0.15) is 5.26 Å². The molecule has 115 valence electrons. The van der Waals surface area contributed by atoms with Crippen LogP contribution in [0.5, 0.6) is 0 Å². The molecule has 0 spiro atoms. The topological polar surface area (TPSA) is 44.9 Å². The number of rotatable bonds is 4. The first-order chi connectivity index (χ1) is 10.4. The number of anilines is 1. The summed E-state index contributed by atoms with van der Waals surface area (Å²) in [6.45, 7) is 3.30. The van der Waals surface area contributed by atoms with Gasteiger partial charge in [-0.3, -0.25) is 0 Å². The number of nitrogens with zero attached hydrogens (tertiary/aromatic N) is 4. The van der Waals surface area contributed by atoms with Gasteiger partial charge in [0.25, 0.3) is 0 Å². The fourth-order valence-electron chi connectivity index (χ4n) is 2.00. The van der Waals surface area contributed by atoms with Crippen molar-refractivity contribution in [2.45, 2.75) is 6.54 Å². The van der Waals surface area contributed by atoms with Crippen molar-refractivity contribution in [3.63, 3.8) is 0 Å². The first-order valence-corrected chi connectivity index (χ1v) is 6.17. The maximum absolute atomic E-state index is 14.0. The summed E-state index contributed by atoms with van der Waals surface area (Å²) in [5, 5.41) is 8.58. The second-order valence-electron chi connectivity index (χ2n) is 4.51. The molecule has 0 bridgehead atoms. The number of benzene rings is 1. The maximum Gasteiger partial charge on any atom is 0.186 e. The van der Waals surface area contributed by atoms with E-state index >= 15 is 0 Å². The predicted octanol–water partition coefficient (Wildman–Crippen LogP) is 2.69. The molecular formula is C14H11F4N4.